The van der Waals surface area contributed by atoms with E-state index >= 15 is 0 Å². The van der Waals surface area contributed by atoms with Gasteiger partial charge in [0.2, 0.25) is 5.91 Å². The topological polar surface area (TPSA) is 52.6 Å². The van der Waals surface area contributed by atoms with Crippen LogP contribution in [0.2, 0.25) is 0 Å². The average molecular weight is 254 g/mol. The lowest BCUT2D eigenvalue weighted by atomic mass is 9.92. The number of carbonyl (C=O) groups is 1. The van der Waals surface area contributed by atoms with Crippen LogP contribution in [0.3, 0.4) is 0 Å². The molecular weight excluding hydrogens is 228 g/mol. The first-order valence-corrected chi connectivity index (χ1v) is 7.35. The number of nitrogens with one attached hydrogen (secondary N) is 1. The summed E-state index contributed by atoms with van der Waals surface area (Å²) in [6.07, 6.45) is 5.99. The molecule has 2 rings (SSSR count). The molecule has 2 N–H and O–H groups in total. The molecular formula is C14H26N2O2. The van der Waals surface area contributed by atoms with Gasteiger partial charge in [0.25, 0.3) is 0 Å². The van der Waals surface area contributed by atoms with Crippen molar-refractivity contribution in [3.05, 3.63) is 0 Å². The average Bonchev–Trinajstić information content (AvgIpc) is 2.35. The lowest BCUT2D eigenvalue weighted by Crippen LogP contribution is -2.49. The molecule has 2 atom stereocenters. The molecule has 0 aromatic carbocycles. The van der Waals surface area contributed by atoms with Crippen LogP contribution in [0, 0.1) is 5.92 Å². The maximum absolute atomic E-state index is 11.9. The molecule has 2 aliphatic rings. The van der Waals surface area contributed by atoms with Crippen molar-refractivity contribution < 1.29 is 9.90 Å². The van der Waals surface area contributed by atoms with E-state index in [1.165, 1.54) is 12.8 Å². The van der Waals surface area contributed by atoms with Gasteiger partial charge in [-0.05, 0) is 44.7 Å². The maximum atomic E-state index is 11.9. The number of aliphatic hydroxyl groups excluding tert-OH is 1. The quantitative estimate of drug-likeness (QED) is 0.794. The number of likely N-dealkylation sites (tertiary alicyclic amines) is 1. The minimum atomic E-state index is -0.343. The van der Waals surface area contributed by atoms with Gasteiger partial charge < -0.3 is 10.4 Å². The number of hydrogen-bond donors (Lipinski definition) is 2. The fourth-order valence-corrected chi connectivity index (χ4v) is 2.96. The fraction of sp³-hybridized carbons (Fsp3) is 0.929. The number of piperidine rings is 1. The first kappa shape index (κ1) is 13.8. The summed E-state index contributed by atoms with van der Waals surface area (Å²) in [5.41, 5.74) is 0. The zero-order chi connectivity index (χ0) is 13.0. The van der Waals surface area contributed by atoms with E-state index in [9.17, 15) is 9.90 Å². The van der Waals surface area contributed by atoms with Crippen molar-refractivity contribution in [3.8, 4) is 0 Å². The highest BCUT2D eigenvalue weighted by atomic mass is 16.3. The summed E-state index contributed by atoms with van der Waals surface area (Å²) in [4.78, 5) is 14.2. The summed E-state index contributed by atoms with van der Waals surface area (Å²) in [5.74, 6) is 0.875. The molecule has 18 heavy (non-hydrogen) atoms. The number of nitrogens with zero attached hydrogens (tertiary/aromatic N) is 1. The molecule has 0 aromatic heterocycles. The van der Waals surface area contributed by atoms with Crippen LogP contribution in [0.4, 0.5) is 0 Å². The van der Waals surface area contributed by atoms with Crippen molar-refractivity contribution in [1.82, 2.24) is 10.2 Å². The van der Waals surface area contributed by atoms with Crippen molar-refractivity contribution >= 4 is 5.91 Å². The van der Waals surface area contributed by atoms with Crippen LogP contribution in [0.25, 0.3) is 0 Å². The van der Waals surface area contributed by atoms with Crippen molar-refractivity contribution in [1.29, 1.82) is 0 Å². The molecule has 0 aromatic rings. The van der Waals surface area contributed by atoms with Crippen molar-refractivity contribution in [2.45, 2.75) is 57.6 Å². The van der Waals surface area contributed by atoms with Crippen molar-refractivity contribution in [2.24, 2.45) is 5.92 Å². The highest BCUT2D eigenvalue weighted by Crippen LogP contribution is 2.19. The predicted octanol–water partition coefficient (Wildman–Crippen LogP) is 1.14. The highest BCUT2D eigenvalue weighted by molar-refractivity contribution is 5.78. The Morgan fingerprint density at radius 3 is 2.56 bits per heavy atom. The van der Waals surface area contributed by atoms with Crippen LogP contribution in [0.15, 0.2) is 0 Å². The van der Waals surface area contributed by atoms with Crippen LogP contribution >= 0.6 is 0 Å². The lowest BCUT2D eigenvalue weighted by molar-refractivity contribution is -0.124. The largest absolute Gasteiger partial charge is 0.391 e. The summed E-state index contributed by atoms with van der Waals surface area (Å²) >= 11 is 0. The summed E-state index contributed by atoms with van der Waals surface area (Å²) in [6.45, 7) is 4.83. The second-order valence-corrected chi connectivity index (χ2v) is 5.98. The Kier molecular flexibility index (Phi) is 5.01. The molecule has 1 heterocycles. The molecule has 2 fully saturated rings. The van der Waals surface area contributed by atoms with Crippen LogP contribution < -0.4 is 5.32 Å². The predicted molar refractivity (Wildman–Crippen MR) is 71.2 cm³/mol. The third-order valence-corrected chi connectivity index (χ3v) is 4.32. The van der Waals surface area contributed by atoms with Crippen LogP contribution in [0.1, 0.15) is 45.4 Å². The van der Waals surface area contributed by atoms with E-state index in [1.54, 1.807) is 0 Å². The molecule has 0 bridgehead atoms. The zero-order valence-electron chi connectivity index (χ0n) is 11.4. The lowest BCUT2D eigenvalue weighted by Gasteiger charge is -2.32. The summed E-state index contributed by atoms with van der Waals surface area (Å²) in [5, 5.41) is 12.8. The van der Waals surface area contributed by atoms with Gasteiger partial charge in [0, 0.05) is 0 Å². The molecule has 1 amide bonds. The molecule has 4 heteroatoms. The van der Waals surface area contributed by atoms with E-state index < -0.39 is 0 Å². The molecule has 0 radical (unpaired) electrons. The normalized spacial score (nSPS) is 31.2. The number of carbonyl (C=O) groups excluding carboxylic acids is 1. The SMILES string of the molecule is CC1CCN(CC(=O)NC2CCCCC2O)CC1. The van der Waals surface area contributed by atoms with E-state index in [4.69, 9.17) is 0 Å². The Balaban J connectivity index is 1.71. The Morgan fingerprint density at radius 1 is 1.22 bits per heavy atom. The first-order valence-electron chi connectivity index (χ1n) is 7.35. The van der Waals surface area contributed by atoms with E-state index in [1.807, 2.05) is 0 Å². The number of aliphatic hydroxyl groups is 1. The smallest absolute Gasteiger partial charge is 0.234 e. The Labute approximate surface area is 110 Å². The molecule has 1 saturated heterocycles. The molecule has 4 nitrogen and oxygen atoms in total. The van der Waals surface area contributed by atoms with Crippen molar-refractivity contribution in [2.75, 3.05) is 19.6 Å². The van der Waals surface area contributed by atoms with Gasteiger partial charge in [0.05, 0.1) is 18.7 Å². The molecule has 104 valence electrons. The van der Waals surface area contributed by atoms with Gasteiger partial charge in [-0.2, -0.15) is 0 Å². The fourth-order valence-electron chi connectivity index (χ4n) is 2.96. The molecule has 2 unspecified atom stereocenters. The van der Waals surface area contributed by atoms with Gasteiger partial charge in [-0.1, -0.05) is 19.8 Å². The third-order valence-electron chi connectivity index (χ3n) is 4.32. The summed E-state index contributed by atoms with van der Waals surface area (Å²) < 4.78 is 0. The number of amides is 1. The van der Waals surface area contributed by atoms with E-state index in [0.717, 1.165) is 44.7 Å². The monoisotopic (exact) mass is 254 g/mol. The van der Waals surface area contributed by atoms with Crippen LogP contribution in [-0.2, 0) is 4.79 Å². The molecule has 1 saturated carbocycles. The van der Waals surface area contributed by atoms with Gasteiger partial charge in [0.15, 0.2) is 0 Å². The van der Waals surface area contributed by atoms with E-state index in [-0.39, 0.29) is 18.1 Å². The van der Waals surface area contributed by atoms with Gasteiger partial charge in [-0.25, -0.2) is 0 Å². The third kappa shape index (κ3) is 3.95. The molecule has 0 spiro atoms. The van der Waals surface area contributed by atoms with Crippen LogP contribution in [-0.4, -0.2) is 47.7 Å². The minimum absolute atomic E-state index is 0.0186. The van der Waals surface area contributed by atoms with Crippen LogP contribution in [0.5, 0.6) is 0 Å². The van der Waals surface area contributed by atoms with Gasteiger partial charge in [-0.15, -0.1) is 0 Å². The van der Waals surface area contributed by atoms with Gasteiger partial charge >= 0.3 is 0 Å². The maximum Gasteiger partial charge on any atom is 0.234 e. The second-order valence-electron chi connectivity index (χ2n) is 5.98. The standard InChI is InChI=1S/C14H26N2O2/c1-11-6-8-16(9-7-11)10-14(18)15-12-4-2-3-5-13(12)17/h11-13,17H,2-10H2,1H3,(H,15,18). The summed E-state index contributed by atoms with van der Waals surface area (Å²) in [6, 6.07) is -0.0186. The van der Waals surface area contributed by atoms with Crippen molar-refractivity contribution in [3.63, 3.8) is 0 Å². The Bertz CT molecular complexity index is 275. The zero-order valence-corrected chi connectivity index (χ0v) is 11.4. The second kappa shape index (κ2) is 6.53. The molecule has 1 aliphatic carbocycles. The minimum Gasteiger partial charge on any atom is -0.391 e. The highest BCUT2D eigenvalue weighted by Gasteiger charge is 2.25. The Morgan fingerprint density at radius 2 is 1.89 bits per heavy atom. The molecule has 1 aliphatic heterocycles. The number of rotatable bonds is 3. The van der Waals surface area contributed by atoms with E-state index in [0.29, 0.717) is 6.54 Å². The van der Waals surface area contributed by atoms with E-state index in [2.05, 4.69) is 17.1 Å². The van der Waals surface area contributed by atoms with Gasteiger partial charge in [-0.3, -0.25) is 9.69 Å². The van der Waals surface area contributed by atoms with Gasteiger partial charge in [0.1, 0.15) is 0 Å². The number of hydrogen-bond acceptors (Lipinski definition) is 3. The Hall–Kier alpha value is -0.610. The summed E-state index contributed by atoms with van der Waals surface area (Å²) in [7, 11) is 0. The first-order chi connectivity index (χ1) is 8.65.